The number of hydrogen-bond acceptors (Lipinski definition) is 7. The predicted molar refractivity (Wildman–Crippen MR) is 105 cm³/mol. The Bertz CT molecular complexity index is 1200. The molecule has 9 nitrogen and oxygen atoms in total. The van der Waals surface area contributed by atoms with Crippen molar-refractivity contribution < 1.29 is 22.9 Å². The normalized spacial score (nSPS) is 11.8. The van der Waals surface area contributed by atoms with Gasteiger partial charge in [-0.05, 0) is 47.9 Å². The Morgan fingerprint density at radius 1 is 1.07 bits per heavy atom. The van der Waals surface area contributed by atoms with Crippen LogP contribution < -0.4 is 11.1 Å². The van der Waals surface area contributed by atoms with E-state index in [1.54, 1.807) is 12.1 Å². The number of anilines is 2. The van der Waals surface area contributed by atoms with Crippen LogP contribution in [0.3, 0.4) is 0 Å². The second-order valence-electron chi connectivity index (χ2n) is 5.96. The standard InChI is InChI=1S/C18H16N4O5S/c1-10(23)20-13-4-6-14(7-5-13)21-22-17-16(28(25,26)27)8-11-2-3-12(19)9-15(11)18(17)24/h2-9,24H,19H2,1H3,(H,20,23)(H,25,26,27). The summed E-state index contributed by atoms with van der Waals surface area (Å²) in [5.41, 5.74) is 6.55. The van der Waals surface area contributed by atoms with Crippen LogP contribution in [0.4, 0.5) is 22.7 Å². The van der Waals surface area contributed by atoms with Gasteiger partial charge in [0.25, 0.3) is 10.1 Å². The maximum Gasteiger partial charge on any atom is 0.296 e. The highest BCUT2D eigenvalue weighted by Crippen LogP contribution is 2.41. The number of amides is 1. The Kier molecular flexibility index (Phi) is 4.99. The number of nitrogens with one attached hydrogen (secondary N) is 1. The van der Waals surface area contributed by atoms with Crippen LogP contribution in [0.2, 0.25) is 0 Å². The molecule has 0 aromatic heterocycles. The molecular formula is C18H16N4O5S. The van der Waals surface area contributed by atoms with Crippen LogP contribution in [-0.2, 0) is 14.9 Å². The van der Waals surface area contributed by atoms with E-state index in [9.17, 15) is 22.9 Å². The first kappa shape index (κ1) is 19.3. The van der Waals surface area contributed by atoms with Crippen LogP contribution in [-0.4, -0.2) is 24.0 Å². The van der Waals surface area contributed by atoms with Crippen LogP contribution in [0, 0.1) is 0 Å². The Hall–Kier alpha value is -3.50. The molecule has 0 atom stereocenters. The fraction of sp³-hybridized carbons (Fsp3) is 0.0556. The van der Waals surface area contributed by atoms with Crippen molar-refractivity contribution in [3.05, 3.63) is 48.5 Å². The number of phenols is 1. The minimum atomic E-state index is -4.67. The molecule has 0 aliphatic heterocycles. The number of benzene rings is 3. The van der Waals surface area contributed by atoms with Gasteiger partial charge in [0.2, 0.25) is 5.91 Å². The predicted octanol–water partition coefficient (Wildman–Crippen LogP) is 3.75. The Labute approximate surface area is 160 Å². The van der Waals surface area contributed by atoms with Gasteiger partial charge in [0, 0.05) is 23.7 Å². The lowest BCUT2D eigenvalue weighted by Crippen LogP contribution is -2.04. The van der Waals surface area contributed by atoms with Crippen molar-refractivity contribution in [2.24, 2.45) is 10.2 Å². The van der Waals surface area contributed by atoms with Crippen LogP contribution in [0.5, 0.6) is 5.75 Å². The molecule has 0 saturated heterocycles. The van der Waals surface area contributed by atoms with E-state index >= 15 is 0 Å². The summed E-state index contributed by atoms with van der Waals surface area (Å²) in [5.74, 6) is -0.705. The van der Waals surface area contributed by atoms with Crippen molar-refractivity contribution in [1.82, 2.24) is 0 Å². The number of carbonyl (C=O) groups excluding carboxylic acids is 1. The molecule has 3 rings (SSSR count). The monoisotopic (exact) mass is 400 g/mol. The largest absolute Gasteiger partial charge is 0.505 e. The first-order chi connectivity index (χ1) is 13.1. The summed E-state index contributed by atoms with van der Waals surface area (Å²) in [6, 6.07) is 11.9. The van der Waals surface area contributed by atoms with Gasteiger partial charge in [0.05, 0.1) is 5.69 Å². The number of hydrogen-bond donors (Lipinski definition) is 4. The van der Waals surface area contributed by atoms with Crippen LogP contribution >= 0.6 is 0 Å². The molecule has 0 heterocycles. The number of aromatic hydroxyl groups is 1. The molecule has 0 unspecified atom stereocenters. The third-order valence-corrected chi connectivity index (χ3v) is 4.67. The Morgan fingerprint density at radius 3 is 2.36 bits per heavy atom. The van der Waals surface area contributed by atoms with Gasteiger partial charge in [-0.1, -0.05) is 6.07 Å². The Morgan fingerprint density at radius 2 is 1.75 bits per heavy atom. The maximum absolute atomic E-state index is 11.8. The zero-order valence-corrected chi connectivity index (χ0v) is 15.4. The molecule has 0 radical (unpaired) electrons. The van der Waals surface area contributed by atoms with E-state index in [0.717, 1.165) is 0 Å². The van der Waals surface area contributed by atoms with Gasteiger partial charge in [-0.15, -0.1) is 5.11 Å². The highest BCUT2D eigenvalue weighted by Gasteiger charge is 2.22. The summed E-state index contributed by atoms with van der Waals surface area (Å²) in [6.07, 6.45) is 0. The first-order valence-corrected chi connectivity index (χ1v) is 9.41. The zero-order chi connectivity index (χ0) is 20.5. The molecule has 0 aliphatic carbocycles. The molecule has 5 N–H and O–H groups in total. The molecule has 144 valence electrons. The van der Waals surface area contributed by atoms with Crippen molar-refractivity contribution in [2.75, 3.05) is 11.1 Å². The summed E-state index contributed by atoms with van der Waals surface area (Å²) >= 11 is 0. The average Bonchev–Trinajstić information content (AvgIpc) is 2.61. The summed E-state index contributed by atoms with van der Waals surface area (Å²) in [6.45, 7) is 1.37. The lowest BCUT2D eigenvalue weighted by Gasteiger charge is -2.09. The molecule has 3 aromatic carbocycles. The van der Waals surface area contributed by atoms with Gasteiger partial charge in [0.15, 0.2) is 5.75 Å². The van der Waals surface area contributed by atoms with Gasteiger partial charge in [-0.3, -0.25) is 9.35 Å². The summed E-state index contributed by atoms with van der Waals surface area (Å²) in [4.78, 5) is 10.5. The number of azo groups is 1. The zero-order valence-electron chi connectivity index (χ0n) is 14.6. The van der Waals surface area contributed by atoms with Gasteiger partial charge < -0.3 is 16.2 Å². The van der Waals surface area contributed by atoms with E-state index in [-0.39, 0.29) is 11.3 Å². The van der Waals surface area contributed by atoms with Crippen molar-refractivity contribution in [3.8, 4) is 5.75 Å². The number of rotatable bonds is 4. The number of phenolic OH excluding ortho intramolecular Hbond substituents is 1. The van der Waals surface area contributed by atoms with Gasteiger partial charge in [-0.2, -0.15) is 13.5 Å². The van der Waals surface area contributed by atoms with Gasteiger partial charge in [0.1, 0.15) is 10.6 Å². The molecule has 10 heteroatoms. The van der Waals surface area contributed by atoms with Crippen molar-refractivity contribution in [3.63, 3.8) is 0 Å². The van der Waals surface area contributed by atoms with Gasteiger partial charge in [-0.25, -0.2) is 0 Å². The van der Waals surface area contributed by atoms with E-state index in [2.05, 4.69) is 15.5 Å². The molecule has 0 bridgehead atoms. The third-order valence-electron chi connectivity index (χ3n) is 3.81. The van der Waals surface area contributed by atoms with E-state index in [0.29, 0.717) is 22.4 Å². The van der Waals surface area contributed by atoms with Crippen molar-refractivity contribution in [2.45, 2.75) is 11.8 Å². The highest BCUT2D eigenvalue weighted by atomic mass is 32.2. The van der Waals surface area contributed by atoms with Crippen LogP contribution in [0.15, 0.2) is 63.7 Å². The number of fused-ring (bicyclic) bond motifs is 1. The topological polar surface area (TPSA) is 154 Å². The van der Waals surface area contributed by atoms with Gasteiger partial charge >= 0.3 is 0 Å². The summed E-state index contributed by atoms with van der Waals surface area (Å²) < 4.78 is 33.0. The minimum absolute atomic E-state index is 0.229. The summed E-state index contributed by atoms with van der Waals surface area (Å²) in [5, 5.41) is 21.5. The molecule has 0 aliphatic rings. The van der Waals surface area contributed by atoms with E-state index < -0.39 is 26.5 Å². The number of carbonyl (C=O) groups is 1. The number of nitrogens with two attached hydrogens (primary N) is 1. The molecular weight excluding hydrogens is 384 g/mol. The summed E-state index contributed by atoms with van der Waals surface area (Å²) in [7, 11) is -4.67. The lowest BCUT2D eigenvalue weighted by atomic mass is 10.1. The highest BCUT2D eigenvalue weighted by molar-refractivity contribution is 7.86. The fourth-order valence-corrected chi connectivity index (χ4v) is 3.23. The average molecular weight is 400 g/mol. The van der Waals surface area contributed by atoms with Crippen molar-refractivity contribution >= 4 is 49.5 Å². The number of nitrogen functional groups attached to an aromatic ring is 1. The fourth-order valence-electron chi connectivity index (χ4n) is 2.57. The quantitative estimate of drug-likeness (QED) is 0.297. The molecule has 0 saturated carbocycles. The molecule has 1 amide bonds. The molecule has 0 fully saturated rings. The Balaban J connectivity index is 2.09. The molecule has 28 heavy (non-hydrogen) atoms. The molecule has 3 aromatic rings. The second kappa shape index (κ2) is 7.25. The third kappa shape index (κ3) is 4.08. The minimum Gasteiger partial charge on any atom is -0.505 e. The maximum atomic E-state index is 11.8. The first-order valence-electron chi connectivity index (χ1n) is 7.97. The van der Waals surface area contributed by atoms with E-state index in [4.69, 9.17) is 5.73 Å². The SMILES string of the molecule is CC(=O)Nc1ccc(N=Nc2c(S(=O)(=O)O)cc3ccc(N)cc3c2O)cc1. The second-order valence-corrected chi connectivity index (χ2v) is 7.35. The van der Waals surface area contributed by atoms with Crippen molar-refractivity contribution in [1.29, 1.82) is 0 Å². The van der Waals surface area contributed by atoms with Crippen LogP contribution in [0.1, 0.15) is 6.92 Å². The number of nitrogens with zero attached hydrogens (tertiary/aromatic N) is 2. The lowest BCUT2D eigenvalue weighted by molar-refractivity contribution is -0.114. The smallest absolute Gasteiger partial charge is 0.296 e. The van der Waals surface area contributed by atoms with E-state index in [1.165, 1.54) is 43.3 Å². The molecule has 0 spiro atoms. The van der Waals surface area contributed by atoms with E-state index in [1.807, 2.05) is 0 Å². The van der Waals surface area contributed by atoms with Crippen LogP contribution in [0.25, 0.3) is 10.8 Å².